The van der Waals surface area contributed by atoms with E-state index in [9.17, 15) is 35.6 Å². The molecule has 15 heteroatoms. The van der Waals surface area contributed by atoms with Crippen molar-refractivity contribution in [3.05, 3.63) is 64.9 Å². The summed E-state index contributed by atoms with van der Waals surface area (Å²) < 4.78 is 86.1. The van der Waals surface area contributed by atoms with Gasteiger partial charge in [0.2, 0.25) is 15.9 Å². The lowest BCUT2D eigenvalue weighted by Gasteiger charge is -2.44. The molecule has 3 aromatic rings. The third-order valence-corrected chi connectivity index (χ3v) is 9.51. The van der Waals surface area contributed by atoms with E-state index < -0.39 is 39.3 Å². The van der Waals surface area contributed by atoms with Crippen molar-refractivity contribution < 1.29 is 30.8 Å². The molecule has 0 bridgehead atoms. The average Bonchev–Trinajstić information content (AvgIpc) is 3.09. The maximum absolute atomic E-state index is 14.8. The standard InChI is InChI=1S/C28H29F4N5O4S2/c1-5-22(38)37-15(2)11-35(12-16(37)3)26-20-10-21(28(30,31)32)23(17-6-8-18(29)9-7-17)25-24(20)36(27(39)33-26)13-19(14-42-25)34-43(4,40)41/h5-10,15-16,19,34H,1,11-14H2,2-4H3/t15-,16+,19?. The van der Waals surface area contributed by atoms with E-state index in [0.717, 1.165) is 36.2 Å². The molecule has 1 saturated heterocycles. The molecule has 2 aliphatic rings. The van der Waals surface area contributed by atoms with Crippen LogP contribution >= 0.6 is 11.8 Å². The van der Waals surface area contributed by atoms with Gasteiger partial charge in [-0.05, 0) is 43.7 Å². The summed E-state index contributed by atoms with van der Waals surface area (Å²) in [4.78, 5) is 33.8. The van der Waals surface area contributed by atoms with Crippen LogP contribution in [0, 0.1) is 5.82 Å². The van der Waals surface area contributed by atoms with Crippen LogP contribution in [0.3, 0.4) is 0 Å². The largest absolute Gasteiger partial charge is 0.417 e. The average molecular weight is 640 g/mol. The molecule has 0 aliphatic carbocycles. The Labute approximate surface area is 249 Å². The maximum atomic E-state index is 14.8. The van der Waals surface area contributed by atoms with Crippen molar-refractivity contribution in [2.24, 2.45) is 0 Å². The fourth-order valence-corrected chi connectivity index (χ4v) is 8.09. The molecule has 1 amide bonds. The van der Waals surface area contributed by atoms with E-state index in [2.05, 4.69) is 16.3 Å². The van der Waals surface area contributed by atoms with Gasteiger partial charge in [-0.25, -0.2) is 22.3 Å². The molecule has 230 valence electrons. The summed E-state index contributed by atoms with van der Waals surface area (Å²) in [6.07, 6.45) is -2.69. The van der Waals surface area contributed by atoms with E-state index >= 15 is 0 Å². The second kappa shape index (κ2) is 11.2. The number of nitrogens with one attached hydrogen (secondary N) is 1. The summed E-state index contributed by atoms with van der Waals surface area (Å²) in [6, 6.07) is 3.97. The molecule has 43 heavy (non-hydrogen) atoms. The Morgan fingerprint density at radius 1 is 1.14 bits per heavy atom. The predicted molar refractivity (Wildman–Crippen MR) is 157 cm³/mol. The first-order valence-electron chi connectivity index (χ1n) is 13.3. The number of aromatic nitrogens is 2. The molecular weight excluding hydrogens is 610 g/mol. The summed E-state index contributed by atoms with van der Waals surface area (Å²) in [7, 11) is -3.73. The first-order chi connectivity index (χ1) is 20.1. The molecule has 0 spiro atoms. The minimum atomic E-state index is -4.85. The number of rotatable bonds is 5. The Morgan fingerprint density at radius 2 is 1.77 bits per heavy atom. The van der Waals surface area contributed by atoms with Crippen LogP contribution in [0.4, 0.5) is 23.4 Å². The zero-order valence-corrected chi connectivity index (χ0v) is 25.1. The molecule has 3 atom stereocenters. The highest BCUT2D eigenvalue weighted by molar-refractivity contribution is 7.99. The summed E-state index contributed by atoms with van der Waals surface area (Å²) in [5.74, 6) is -0.863. The van der Waals surface area contributed by atoms with Gasteiger partial charge in [-0.1, -0.05) is 18.7 Å². The number of carbonyl (C=O) groups is 1. The Bertz CT molecular complexity index is 1770. The van der Waals surface area contributed by atoms with Crippen LogP contribution in [0.25, 0.3) is 22.0 Å². The molecule has 1 aromatic heterocycles. The smallest absolute Gasteiger partial charge is 0.352 e. The van der Waals surface area contributed by atoms with E-state index in [-0.39, 0.29) is 76.1 Å². The number of benzene rings is 2. The highest BCUT2D eigenvalue weighted by atomic mass is 32.2. The molecule has 0 saturated carbocycles. The Morgan fingerprint density at radius 3 is 2.33 bits per heavy atom. The minimum Gasteiger partial charge on any atom is -0.352 e. The fraction of sp³-hybridized carbons (Fsp3) is 0.393. The zero-order valence-electron chi connectivity index (χ0n) is 23.5. The Balaban J connectivity index is 1.81. The van der Waals surface area contributed by atoms with Gasteiger partial charge in [0, 0.05) is 59.4 Å². The third kappa shape index (κ3) is 6.02. The van der Waals surface area contributed by atoms with Crippen LogP contribution < -0.4 is 15.3 Å². The number of hydrogen-bond acceptors (Lipinski definition) is 7. The Kier molecular flexibility index (Phi) is 8.11. The molecule has 1 N–H and O–H groups in total. The minimum absolute atomic E-state index is 0.0184. The monoisotopic (exact) mass is 639 g/mol. The topological polar surface area (TPSA) is 105 Å². The van der Waals surface area contributed by atoms with Crippen molar-refractivity contribution >= 4 is 44.4 Å². The highest BCUT2D eigenvalue weighted by Gasteiger charge is 2.40. The number of halogens is 4. The van der Waals surface area contributed by atoms with Gasteiger partial charge >= 0.3 is 11.9 Å². The fourth-order valence-electron chi connectivity index (χ4n) is 5.94. The lowest BCUT2D eigenvalue weighted by molar-refractivity contribution is -0.137. The van der Waals surface area contributed by atoms with Gasteiger partial charge in [-0.3, -0.25) is 9.36 Å². The van der Waals surface area contributed by atoms with Crippen LogP contribution in [0.5, 0.6) is 0 Å². The van der Waals surface area contributed by atoms with Crippen molar-refractivity contribution in [2.45, 2.75) is 49.6 Å². The van der Waals surface area contributed by atoms with Gasteiger partial charge in [-0.15, -0.1) is 11.8 Å². The molecule has 5 rings (SSSR count). The summed E-state index contributed by atoms with van der Waals surface area (Å²) >= 11 is 0.988. The predicted octanol–water partition coefficient (Wildman–Crippen LogP) is 3.86. The molecule has 0 radical (unpaired) electrons. The van der Waals surface area contributed by atoms with Crippen LogP contribution in [-0.4, -0.2) is 72.0 Å². The van der Waals surface area contributed by atoms with Gasteiger partial charge in [0.1, 0.15) is 11.6 Å². The molecular formula is C28H29F4N5O4S2. The van der Waals surface area contributed by atoms with Gasteiger partial charge in [0.15, 0.2) is 0 Å². The van der Waals surface area contributed by atoms with Gasteiger partial charge < -0.3 is 9.80 Å². The van der Waals surface area contributed by atoms with Gasteiger partial charge in [0.25, 0.3) is 0 Å². The summed E-state index contributed by atoms with van der Waals surface area (Å²) in [5.41, 5.74) is -1.74. The SMILES string of the molecule is C=CC(=O)N1[C@H](C)CN(c2nc(=O)n3c4c(c(-c5ccc(F)cc5)c(C(F)(F)F)cc24)SCC(NS(C)(=O)=O)C3)C[C@@H]1C. The number of hydrogen-bond donors (Lipinski definition) is 1. The lowest BCUT2D eigenvalue weighted by Crippen LogP contribution is -2.58. The van der Waals surface area contributed by atoms with Crippen molar-refractivity contribution in [1.82, 2.24) is 19.2 Å². The summed E-state index contributed by atoms with van der Waals surface area (Å²) in [5, 5.41) is 0.0585. The second-order valence-corrected chi connectivity index (χ2v) is 13.6. The van der Waals surface area contributed by atoms with E-state index in [0.29, 0.717) is 0 Å². The van der Waals surface area contributed by atoms with Crippen LogP contribution in [0.1, 0.15) is 19.4 Å². The lowest BCUT2D eigenvalue weighted by atomic mass is 9.96. The molecule has 9 nitrogen and oxygen atoms in total. The maximum Gasteiger partial charge on any atom is 0.417 e. The quantitative estimate of drug-likeness (QED) is 0.334. The number of carbonyl (C=O) groups excluding carboxylic acids is 1. The van der Waals surface area contributed by atoms with Crippen molar-refractivity contribution in [3.8, 4) is 11.1 Å². The number of nitrogens with zero attached hydrogens (tertiary/aromatic N) is 4. The third-order valence-electron chi connectivity index (χ3n) is 7.50. The first-order valence-corrected chi connectivity index (χ1v) is 16.2. The zero-order chi connectivity index (χ0) is 31.4. The van der Waals surface area contributed by atoms with E-state index in [4.69, 9.17) is 0 Å². The number of sulfonamides is 1. The van der Waals surface area contributed by atoms with E-state index in [1.165, 1.54) is 22.8 Å². The number of thioether (sulfide) groups is 1. The van der Waals surface area contributed by atoms with Crippen molar-refractivity contribution in [2.75, 3.05) is 30.0 Å². The Hall–Kier alpha value is -3.43. The number of alkyl halides is 3. The van der Waals surface area contributed by atoms with E-state index in [1.54, 1.807) is 23.6 Å². The van der Waals surface area contributed by atoms with Gasteiger partial charge in [-0.2, -0.15) is 18.2 Å². The van der Waals surface area contributed by atoms with Crippen LogP contribution in [-0.2, 0) is 27.5 Å². The second-order valence-electron chi connectivity index (χ2n) is 10.8. The number of anilines is 1. The number of amides is 1. The van der Waals surface area contributed by atoms with E-state index in [1.807, 2.05) is 0 Å². The molecule has 1 unspecified atom stereocenters. The normalized spacial score (nSPS) is 21.1. The van der Waals surface area contributed by atoms with Crippen molar-refractivity contribution in [1.29, 1.82) is 0 Å². The van der Waals surface area contributed by atoms with Crippen molar-refractivity contribution in [3.63, 3.8) is 0 Å². The molecule has 1 fully saturated rings. The molecule has 3 heterocycles. The first kappa shape index (κ1) is 31.0. The van der Waals surface area contributed by atoms with Crippen LogP contribution in [0.15, 0.2) is 52.7 Å². The molecule has 2 aliphatic heterocycles. The highest BCUT2D eigenvalue weighted by Crippen LogP contribution is 2.48. The van der Waals surface area contributed by atoms with Crippen LogP contribution in [0.2, 0.25) is 0 Å². The number of piperazine rings is 1. The summed E-state index contributed by atoms with van der Waals surface area (Å²) in [6.45, 7) is 7.34. The molecule has 2 aromatic carbocycles. The van der Waals surface area contributed by atoms with Gasteiger partial charge in [0.05, 0.1) is 17.3 Å².